The van der Waals surface area contributed by atoms with Gasteiger partial charge in [0.1, 0.15) is 17.5 Å². The van der Waals surface area contributed by atoms with E-state index in [1.165, 1.54) is 0 Å². The molecule has 122 valence electrons. The lowest BCUT2D eigenvalue weighted by molar-refractivity contribution is 0.0786. The average molecular weight is 305 g/mol. The van der Waals surface area contributed by atoms with E-state index in [4.69, 9.17) is 9.47 Å². The molecule has 1 fully saturated rings. The minimum absolute atomic E-state index is 0. The number of nitrogens with one attached hydrogen (secondary N) is 1. The fourth-order valence-electron chi connectivity index (χ4n) is 2.58. The number of amides is 1. The zero-order chi connectivity index (χ0) is 16.3. The molecule has 1 aromatic rings. The maximum atomic E-state index is 11.6. The van der Waals surface area contributed by atoms with Crippen molar-refractivity contribution >= 4 is 6.09 Å². The largest absolute Gasteiger partial charge is 0.488 e. The Balaban J connectivity index is 0.00000264. The zero-order valence-corrected chi connectivity index (χ0v) is 13.8. The van der Waals surface area contributed by atoms with Gasteiger partial charge in [0.05, 0.1) is 0 Å². The van der Waals surface area contributed by atoms with Crippen LogP contribution in [0, 0.1) is 0 Å². The number of carbonyl (C=O) groups excluding carboxylic acids is 1. The SMILES string of the molecule is C=C[C@H]1C[C@H](C(C)c2ccc(OC(C)(C)C)cc2)NC(=O)O1.[HH]. The summed E-state index contributed by atoms with van der Waals surface area (Å²) in [5.74, 6) is 1.04. The Labute approximate surface area is 134 Å². The first-order valence-electron chi connectivity index (χ1n) is 7.67. The number of hydrogen-bond donors (Lipinski definition) is 1. The Morgan fingerprint density at radius 2 is 2.05 bits per heavy atom. The zero-order valence-electron chi connectivity index (χ0n) is 13.8. The van der Waals surface area contributed by atoms with Gasteiger partial charge in [-0.05, 0) is 38.5 Å². The average Bonchev–Trinajstić information content (AvgIpc) is 2.45. The van der Waals surface area contributed by atoms with Gasteiger partial charge in [-0.3, -0.25) is 0 Å². The molecule has 2 rings (SSSR count). The molecular formula is C18H27NO3. The normalized spacial score (nSPS) is 23.2. The molecule has 4 heteroatoms. The molecule has 1 amide bonds. The van der Waals surface area contributed by atoms with Crippen LogP contribution in [-0.2, 0) is 4.74 Å². The highest BCUT2D eigenvalue weighted by Gasteiger charge is 2.30. The quantitative estimate of drug-likeness (QED) is 0.845. The first kappa shape index (κ1) is 16.4. The van der Waals surface area contributed by atoms with E-state index in [0.717, 1.165) is 17.7 Å². The smallest absolute Gasteiger partial charge is 0.407 e. The number of ether oxygens (including phenoxy) is 2. The summed E-state index contributed by atoms with van der Waals surface area (Å²) in [6.07, 6.45) is 1.82. The fraction of sp³-hybridized carbons (Fsp3) is 0.500. The number of hydrogen-bond acceptors (Lipinski definition) is 3. The summed E-state index contributed by atoms with van der Waals surface area (Å²) in [5.41, 5.74) is 0.954. The first-order valence-corrected chi connectivity index (χ1v) is 7.67. The summed E-state index contributed by atoms with van der Waals surface area (Å²) in [6.45, 7) is 11.9. The number of alkyl carbamates (subject to hydrolysis) is 1. The van der Waals surface area contributed by atoms with E-state index in [1.807, 2.05) is 32.9 Å². The van der Waals surface area contributed by atoms with Crippen molar-refractivity contribution in [2.45, 2.75) is 57.8 Å². The van der Waals surface area contributed by atoms with Gasteiger partial charge in [0.25, 0.3) is 0 Å². The summed E-state index contributed by atoms with van der Waals surface area (Å²) >= 11 is 0. The highest BCUT2D eigenvalue weighted by Crippen LogP contribution is 2.28. The van der Waals surface area contributed by atoms with Crippen molar-refractivity contribution < 1.29 is 15.7 Å². The highest BCUT2D eigenvalue weighted by atomic mass is 16.6. The van der Waals surface area contributed by atoms with E-state index in [-0.39, 0.29) is 31.2 Å². The lowest BCUT2D eigenvalue weighted by Crippen LogP contribution is -2.47. The first-order chi connectivity index (χ1) is 10.3. The van der Waals surface area contributed by atoms with Gasteiger partial charge in [-0.1, -0.05) is 31.7 Å². The van der Waals surface area contributed by atoms with Crippen LogP contribution in [0.3, 0.4) is 0 Å². The molecule has 0 saturated carbocycles. The molecule has 1 saturated heterocycles. The van der Waals surface area contributed by atoms with Gasteiger partial charge >= 0.3 is 6.09 Å². The summed E-state index contributed by atoms with van der Waals surface area (Å²) in [6, 6.07) is 8.09. The van der Waals surface area contributed by atoms with E-state index in [1.54, 1.807) is 6.08 Å². The van der Waals surface area contributed by atoms with Gasteiger partial charge in [-0.2, -0.15) is 0 Å². The standard InChI is InChI=1S/C18H25NO3.H2/c1-6-14-11-16(19-17(20)21-14)12(2)13-7-9-15(10-8-13)22-18(3,4)5;/h6-10,12,14,16H,1,11H2,2-5H3,(H,19,20);1H/t12?,14-,16+;/m0./s1. The molecule has 0 spiro atoms. The molecule has 1 N–H and O–H groups in total. The van der Waals surface area contributed by atoms with Gasteiger partial charge in [0.15, 0.2) is 0 Å². The van der Waals surface area contributed by atoms with E-state index in [9.17, 15) is 4.79 Å². The second kappa shape index (κ2) is 6.42. The molecule has 1 aromatic carbocycles. The third kappa shape index (κ3) is 4.26. The van der Waals surface area contributed by atoms with Gasteiger partial charge in [-0.15, -0.1) is 0 Å². The summed E-state index contributed by atoms with van der Waals surface area (Å²) in [5, 5.41) is 2.89. The third-order valence-electron chi connectivity index (χ3n) is 3.74. The fourth-order valence-corrected chi connectivity index (χ4v) is 2.58. The molecule has 0 aliphatic carbocycles. The van der Waals surface area contributed by atoms with Gasteiger partial charge in [-0.25, -0.2) is 4.79 Å². The highest BCUT2D eigenvalue weighted by molar-refractivity contribution is 5.69. The predicted octanol–water partition coefficient (Wildman–Crippen LogP) is 4.27. The van der Waals surface area contributed by atoms with Crippen molar-refractivity contribution in [3.8, 4) is 5.75 Å². The van der Waals surface area contributed by atoms with Gasteiger partial charge in [0, 0.05) is 19.8 Å². The van der Waals surface area contributed by atoms with Crippen LogP contribution in [0.5, 0.6) is 5.75 Å². The number of benzene rings is 1. The maximum absolute atomic E-state index is 11.6. The van der Waals surface area contributed by atoms with Gasteiger partial charge in [0.2, 0.25) is 0 Å². The van der Waals surface area contributed by atoms with E-state index < -0.39 is 0 Å². The van der Waals surface area contributed by atoms with Crippen LogP contribution in [0.25, 0.3) is 0 Å². The van der Waals surface area contributed by atoms with Crippen molar-refractivity contribution in [3.63, 3.8) is 0 Å². The number of cyclic esters (lactones) is 1. The molecule has 3 atom stereocenters. The van der Waals surface area contributed by atoms with Crippen molar-refractivity contribution in [2.75, 3.05) is 0 Å². The van der Waals surface area contributed by atoms with Crippen LogP contribution in [0.1, 0.15) is 47.0 Å². The Bertz CT molecular complexity index is 536. The van der Waals surface area contributed by atoms with Crippen LogP contribution < -0.4 is 10.1 Å². The number of carbonyl (C=O) groups is 1. The topological polar surface area (TPSA) is 47.6 Å². The Kier molecular flexibility index (Phi) is 4.79. The van der Waals surface area contributed by atoms with Crippen LogP contribution in [0.15, 0.2) is 36.9 Å². The second-order valence-corrected chi connectivity index (χ2v) is 6.74. The molecule has 0 aromatic heterocycles. The van der Waals surface area contributed by atoms with Crippen molar-refractivity contribution in [3.05, 3.63) is 42.5 Å². The molecule has 1 aliphatic rings. The molecular weight excluding hydrogens is 278 g/mol. The van der Waals surface area contributed by atoms with E-state index in [2.05, 4.69) is 31.0 Å². The lowest BCUT2D eigenvalue weighted by atomic mass is 9.89. The molecule has 1 unspecified atom stereocenters. The Morgan fingerprint density at radius 1 is 1.41 bits per heavy atom. The molecule has 0 bridgehead atoms. The molecule has 22 heavy (non-hydrogen) atoms. The lowest BCUT2D eigenvalue weighted by Gasteiger charge is -2.32. The summed E-state index contributed by atoms with van der Waals surface area (Å²) < 4.78 is 11.0. The third-order valence-corrected chi connectivity index (χ3v) is 3.74. The second-order valence-electron chi connectivity index (χ2n) is 6.74. The monoisotopic (exact) mass is 305 g/mol. The Morgan fingerprint density at radius 3 is 2.59 bits per heavy atom. The minimum atomic E-state index is -0.374. The summed E-state index contributed by atoms with van der Waals surface area (Å²) in [7, 11) is 0. The summed E-state index contributed by atoms with van der Waals surface area (Å²) in [4.78, 5) is 11.6. The van der Waals surface area contributed by atoms with E-state index in [0.29, 0.717) is 0 Å². The van der Waals surface area contributed by atoms with Gasteiger partial charge < -0.3 is 14.8 Å². The van der Waals surface area contributed by atoms with Crippen molar-refractivity contribution in [1.29, 1.82) is 0 Å². The van der Waals surface area contributed by atoms with Crippen LogP contribution in [0.4, 0.5) is 4.79 Å². The number of rotatable bonds is 4. The molecule has 1 heterocycles. The van der Waals surface area contributed by atoms with Crippen LogP contribution in [-0.4, -0.2) is 23.8 Å². The maximum Gasteiger partial charge on any atom is 0.407 e. The van der Waals surface area contributed by atoms with E-state index >= 15 is 0 Å². The van der Waals surface area contributed by atoms with Crippen LogP contribution in [0.2, 0.25) is 0 Å². The molecule has 4 nitrogen and oxygen atoms in total. The predicted molar refractivity (Wildman–Crippen MR) is 89.4 cm³/mol. The van der Waals surface area contributed by atoms with Crippen molar-refractivity contribution in [2.24, 2.45) is 0 Å². The molecule has 1 aliphatic heterocycles. The van der Waals surface area contributed by atoms with Crippen molar-refractivity contribution in [1.82, 2.24) is 5.32 Å². The Hall–Kier alpha value is -1.97. The van der Waals surface area contributed by atoms with Crippen LogP contribution >= 0.6 is 0 Å². The minimum Gasteiger partial charge on any atom is -0.488 e. The molecule has 0 radical (unpaired) electrons.